The second kappa shape index (κ2) is 7.84. The summed E-state index contributed by atoms with van der Waals surface area (Å²) in [7, 11) is -2.29. The molecule has 4 rings (SSSR count). The van der Waals surface area contributed by atoms with Crippen LogP contribution in [0.5, 0.6) is 5.75 Å². The zero-order valence-electron chi connectivity index (χ0n) is 15.7. The number of hydrogen-bond donors (Lipinski definition) is 1. The van der Waals surface area contributed by atoms with E-state index < -0.39 is 21.8 Å². The fourth-order valence-corrected chi connectivity index (χ4v) is 5.20. The van der Waals surface area contributed by atoms with E-state index in [1.807, 2.05) is 0 Å². The molecule has 1 N–H and O–H groups in total. The molecule has 0 fully saturated rings. The van der Waals surface area contributed by atoms with E-state index in [9.17, 15) is 18.0 Å². The standard InChI is InChI=1S/C19H16N4O5S2/c1-23-14-9-5-6-10-15(14)28-11-13(18(23)25)20-16(24)17-21-22-19(29-17)30(26,27)12-7-3-2-4-8-12/h2-10,13H,11H2,1H3,(H,20,24)/t13-/m0/s1. The second-order valence-electron chi connectivity index (χ2n) is 6.39. The number of ether oxygens (including phenoxy) is 1. The normalized spacial score (nSPS) is 16.4. The molecule has 1 atom stereocenters. The van der Waals surface area contributed by atoms with Crippen LogP contribution >= 0.6 is 11.3 Å². The minimum atomic E-state index is -3.88. The molecule has 9 nitrogen and oxygen atoms in total. The largest absolute Gasteiger partial charge is 0.489 e. The highest BCUT2D eigenvalue weighted by molar-refractivity contribution is 7.93. The van der Waals surface area contributed by atoms with Gasteiger partial charge in [-0.15, -0.1) is 10.2 Å². The van der Waals surface area contributed by atoms with Crippen LogP contribution in [0.2, 0.25) is 0 Å². The number of fused-ring (bicyclic) bond motifs is 1. The van der Waals surface area contributed by atoms with Crippen LogP contribution in [0.15, 0.2) is 63.8 Å². The number of anilines is 1. The van der Waals surface area contributed by atoms with Gasteiger partial charge in [0.2, 0.25) is 19.2 Å². The van der Waals surface area contributed by atoms with Crippen molar-refractivity contribution < 1.29 is 22.7 Å². The monoisotopic (exact) mass is 444 g/mol. The molecule has 1 aromatic heterocycles. The first-order chi connectivity index (χ1) is 14.4. The summed E-state index contributed by atoms with van der Waals surface area (Å²) in [5, 5.41) is 9.74. The van der Waals surface area contributed by atoms with Crippen molar-refractivity contribution in [3.63, 3.8) is 0 Å². The predicted molar refractivity (Wildman–Crippen MR) is 108 cm³/mol. The SMILES string of the molecule is CN1C(=O)[C@@H](NC(=O)c2nnc(S(=O)(=O)c3ccccc3)s2)COc2ccccc21. The van der Waals surface area contributed by atoms with E-state index >= 15 is 0 Å². The maximum Gasteiger partial charge on any atom is 0.283 e. The van der Waals surface area contributed by atoms with E-state index in [0.29, 0.717) is 22.8 Å². The zero-order valence-corrected chi connectivity index (χ0v) is 17.3. The molecule has 2 aromatic carbocycles. The number of para-hydroxylation sites is 2. The third-order valence-electron chi connectivity index (χ3n) is 4.45. The molecule has 0 bridgehead atoms. The highest BCUT2D eigenvalue weighted by Gasteiger charge is 2.32. The number of carbonyl (C=O) groups excluding carboxylic acids is 2. The fraction of sp³-hybridized carbons (Fsp3) is 0.158. The first kappa shape index (κ1) is 20.0. The minimum absolute atomic E-state index is 0.0554. The molecule has 30 heavy (non-hydrogen) atoms. The minimum Gasteiger partial charge on any atom is -0.489 e. The van der Waals surface area contributed by atoms with Gasteiger partial charge in [0.1, 0.15) is 18.4 Å². The second-order valence-corrected chi connectivity index (χ2v) is 9.49. The van der Waals surface area contributed by atoms with Crippen molar-refractivity contribution in [1.82, 2.24) is 15.5 Å². The van der Waals surface area contributed by atoms with Crippen LogP contribution < -0.4 is 15.0 Å². The number of carbonyl (C=O) groups is 2. The van der Waals surface area contributed by atoms with Crippen molar-refractivity contribution in [1.29, 1.82) is 0 Å². The molecular weight excluding hydrogens is 428 g/mol. The summed E-state index contributed by atoms with van der Waals surface area (Å²) < 4.78 is 30.6. The Morgan fingerprint density at radius 3 is 2.60 bits per heavy atom. The molecule has 1 aliphatic rings. The number of rotatable bonds is 4. The van der Waals surface area contributed by atoms with E-state index in [-0.39, 0.29) is 26.8 Å². The lowest BCUT2D eigenvalue weighted by Crippen LogP contribution is -2.49. The number of sulfone groups is 1. The van der Waals surface area contributed by atoms with E-state index in [1.165, 1.54) is 17.0 Å². The van der Waals surface area contributed by atoms with Crippen molar-refractivity contribution in [2.45, 2.75) is 15.3 Å². The maximum atomic E-state index is 12.7. The Labute approximate surface area is 176 Å². The zero-order chi connectivity index (χ0) is 21.3. The van der Waals surface area contributed by atoms with Crippen molar-refractivity contribution in [2.24, 2.45) is 0 Å². The summed E-state index contributed by atoms with van der Waals surface area (Å²) in [5.41, 5.74) is 0.589. The van der Waals surface area contributed by atoms with Crippen LogP contribution in [0.4, 0.5) is 5.69 Å². The summed E-state index contributed by atoms with van der Waals surface area (Å²) in [6.45, 7) is -0.0695. The molecule has 0 saturated heterocycles. The highest BCUT2D eigenvalue weighted by Crippen LogP contribution is 2.30. The first-order valence-corrected chi connectivity index (χ1v) is 11.1. The Kier molecular flexibility index (Phi) is 5.22. The molecule has 3 aromatic rings. The van der Waals surface area contributed by atoms with E-state index in [2.05, 4.69) is 15.5 Å². The van der Waals surface area contributed by atoms with Crippen LogP contribution in [-0.2, 0) is 14.6 Å². The topological polar surface area (TPSA) is 119 Å². The van der Waals surface area contributed by atoms with Gasteiger partial charge in [-0.05, 0) is 24.3 Å². The van der Waals surface area contributed by atoms with Gasteiger partial charge < -0.3 is 15.0 Å². The molecule has 0 unspecified atom stereocenters. The molecule has 154 valence electrons. The average molecular weight is 444 g/mol. The molecule has 2 heterocycles. The Balaban J connectivity index is 1.52. The maximum absolute atomic E-state index is 12.7. The first-order valence-electron chi connectivity index (χ1n) is 8.82. The summed E-state index contributed by atoms with van der Waals surface area (Å²) >= 11 is 0.638. The summed E-state index contributed by atoms with van der Waals surface area (Å²) in [5.74, 6) is -0.546. The lowest BCUT2D eigenvalue weighted by molar-refractivity contribution is -0.120. The molecule has 2 amide bonds. The van der Waals surface area contributed by atoms with E-state index in [0.717, 1.165) is 0 Å². The van der Waals surface area contributed by atoms with Gasteiger partial charge in [0, 0.05) is 7.05 Å². The molecule has 1 aliphatic heterocycles. The van der Waals surface area contributed by atoms with Gasteiger partial charge in [-0.2, -0.15) is 0 Å². The molecule has 0 radical (unpaired) electrons. The van der Waals surface area contributed by atoms with Gasteiger partial charge in [0.25, 0.3) is 11.8 Å². The van der Waals surface area contributed by atoms with Crippen molar-refractivity contribution in [3.05, 3.63) is 59.6 Å². The highest BCUT2D eigenvalue weighted by atomic mass is 32.2. The van der Waals surface area contributed by atoms with Crippen molar-refractivity contribution in [2.75, 3.05) is 18.6 Å². The lowest BCUT2D eigenvalue weighted by Gasteiger charge is -2.19. The van der Waals surface area contributed by atoms with Gasteiger partial charge >= 0.3 is 0 Å². The quantitative estimate of drug-likeness (QED) is 0.648. The molecule has 0 saturated carbocycles. The number of amides is 2. The van der Waals surface area contributed by atoms with Crippen LogP contribution in [-0.4, -0.2) is 50.1 Å². The molecule has 0 spiro atoms. The number of benzene rings is 2. The van der Waals surface area contributed by atoms with Crippen LogP contribution in [0.1, 0.15) is 9.80 Å². The van der Waals surface area contributed by atoms with Crippen molar-refractivity contribution in [3.8, 4) is 5.75 Å². The van der Waals surface area contributed by atoms with Crippen LogP contribution in [0, 0.1) is 0 Å². The van der Waals surface area contributed by atoms with Gasteiger partial charge in [0.15, 0.2) is 0 Å². The van der Waals surface area contributed by atoms with Crippen molar-refractivity contribution >= 4 is 38.7 Å². The number of nitrogens with one attached hydrogen (secondary N) is 1. The number of likely N-dealkylation sites (N-methyl/N-ethyl adjacent to an activating group) is 1. The van der Waals surface area contributed by atoms with E-state index in [1.54, 1.807) is 49.5 Å². The van der Waals surface area contributed by atoms with Crippen LogP contribution in [0.3, 0.4) is 0 Å². The molecule has 0 aliphatic carbocycles. The third kappa shape index (κ3) is 3.64. The number of hydrogen-bond acceptors (Lipinski definition) is 8. The van der Waals surface area contributed by atoms with Gasteiger partial charge in [0.05, 0.1) is 10.6 Å². The predicted octanol–water partition coefficient (Wildman–Crippen LogP) is 1.52. The Hall–Kier alpha value is -3.31. The Bertz CT molecular complexity index is 1210. The molecular formula is C19H16N4O5S2. The molecule has 11 heteroatoms. The number of aromatic nitrogens is 2. The lowest BCUT2D eigenvalue weighted by atomic mass is 10.2. The summed E-state index contributed by atoms with van der Waals surface area (Å²) in [6, 6.07) is 13.8. The fourth-order valence-electron chi connectivity index (χ4n) is 2.89. The van der Waals surface area contributed by atoms with Gasteiger partial charge in [-0.1, -0.05) is 41.7 Å². The average Bonchev–Trinajstić information content (AvgIpc) is 3.24. The smallest absolute Gasteiger partial charge is 0.283 e. The van der Waals surface area contributed by atoms with Crippen LogP contribution in [0.25, 0.3) is 0 Å². The third-order valence-corrected chi connectivity index (χ3v) is 7.51. The van der Waals surface area contributed by atoms with Gasteiger partial charge in [-0.25, -0.2) is 8.42 Å². The van der Waals surface area contributed by atoms with Gasteiger partial charge in [-0.3, -0.25) is 9.59 Å². The summed E-state index contributed by atoms with van der Waals surface area (Å²) in [4.78, 5) is 26.8. The Morgan fingerprint density at radius 2 is 1.83 bits per heavy atom. The number of nitrogens with zero attached hydrogens (tertiary/aromatic N) is 3. The Morgan fingerprint density at radius 1 is 1.13 bits per heavy atom. The summed E-state index contributed by atoms with van der Waals surface area (Å²) in [6.07, 6.45) is 0. The van der Waals surface area contributed by atoms with E-state index in [4.69, 9.17) is 4.74 Å².